The van der Waals surface area contributed by atoms with Crippen LogP contribution >= 0.6 is 0 Å². The van der Waals surface area contributed by atoms with Gasteiger partial charge in [-0.25, -0.2) is 4.68 Å². The molecule has 128 valence electrons. The Bertz CT molecular complexity index is 747. The molecular weight excluding hydrogens is 308 g/mol. The second-order valence-corrected chi connectivity index (χ2v) is 6.06. The number of aromatic nitrogens is 2. The van der Waals surface area contributed by atoms with E-state index >= 15 is 0 Å². The summed E-state index contributed by atoms with van der Waals surface area (Å²) in [5, 5.41) is 7.15. The average molecular weight is 330 g/mol. The summed E-state index contributed by atoms with van der Waals surface area (Å²) >= 11 is 0. The highest BCUT2D eigenvalue weighted by Crippen LogP contribution is 2.22. The van der Waals surface area contributed by atoms with Crippen molar-refractivity contribution in [3.63, 3.8) is 0 Å². The molecule has 1 aliphatic rings. The number of amides is 2. The maximum atomic E-state index is 12.4. The quantitative estimate of drug-likeness (QED) is 0.908. The predicted octanol–water partition coefficient (Wildman–Crippen LogP) is 1.93. The molecule has 0 saturated heterocycles. The summed E-state index contributed by atoms with van der Waals surface area (Å²) in [7, 11) is 0. The molecule has 7 heteroatoms. The monoisotopic (exact) mass is 330 g/mol. The molecule has 0 spiro atoms. The number of rotatable bonds is 5. The van der Waals surface area contributed by atoms with Crippen LogP contribution in [0.2, 0.25) is 0 Å². The molecule has 7 nitrogen and oxygen atoms in total. The molecule has 0 fully saturated rings. The van der Waals surface area contributed by atoms with Gasteiger partial charge in [-0.1, -0.05) is 0 Å². The highest BCUT2D eigenvalue weighted by molar-refractivity contribution is 5.95. The van der Waals surface area contributed by atoms with Gasteiger partial charge in [-0.2, -0.15) is 5.10 Å². The Morgan fingerprint density at radius 1 is 1.25 bits per heavy atom. The van der Waals surface area contributed by atoms with E-state index in [2.05, 4.69) is 10.4 Å². The van der Waals surface area contributed by atoms with Crippen molar-refractivity contribution in [2.24, 2.45) is 0 Å². The van der Waals surface area contributed by atoms with Gasteiger partial charge in [0.2, 0.25) is 11.8 Å². The Labute approximate surface area is 140 Å². The predicted molar refractivity (Wildman–Crippen MR) is 88.5 cm³/mol. The molecule has 1 aliphatic heterocycles. The summed E-state index contributed by atoms with van der Waals surface area (Å²) in [5.74, 6) is 2.16. The van der Waals surface area contributed by atoms with Crippen molar-refractivity contribution in [2.45, 2.75) is 46.2 Å². The second-order valence-electron chi connectivity index (χ2n) is 6.06. The van der Waals surface area contributed by atoms with Crippen LogP contribution in [0.1, 0.15) is 36.5 Å². The van der Waals surface area contributed by atoms with Crippen LogP contribution in [0, 0.1) is 13.8 Å². The molecule has 2 aromatic rings. The molecule has 3 rings (SSSR count). The molecule has 0 bridgehead atoms. The topological polar surface area (TPSA) is 80.4 Å². The van der Waals surface area contributed by atoms with Crippen molar-refractivity contribution < 1.29 is 14.0 Å². The molecule has 1 N–H and O–H groups in total. The maximum Gasteiger partial charge on any atom is 0.228 e. The van der Waals surface area contributed by atoms with E-state index in [-0.39, 0.29) is 24.7 Å². The van der Waals surface area contributed by atoms with Crippen molar-refractivity contribution in [1.29, 1.82) is 0 Å². The zero-order valence-electron chi connectivity index (χ0n) is 14.0. The van der Waals surface area contributed by atoms with Crippen LogP contribution in [-0.2, 0) is 22.7 Å². The van der Waals surface area contributed by atoms with Crippen LogP contribution < -0.4 is 10.2 Å². The number of carbonyl (C=O) groups is 2. The van der Waals surface area contributed by atoms with Crippen LogP contribution in [0.15, 0.2) is 22.6 Å². The van der Waals surface area contributed by atoms with Crippen molar-refractivity contribution in [1.82, 2.24) is 15.1 Å². The third kappa shape index (κ3) is 3.67. The van der Waals surface area contributed by atoms with Crippen LogP contribution in [-0.4, -0.2) is 28.1 Å². The standard InChI is InChI=1S/C17H22N4O3/c1-12-10-16-20(8-3-9-21(16)19-12)17(23)7-6-15(22)18-11-14-5-4-13(2)24-14/h4-5,10H,3,6-9,11H2,1-2H3,(H,18,22). The minimum Gasteiger partial charge on any atom is -0.465 e. The summed E-state index contributed by atoms with van der Waals surface area (Å²) in [6, 6.07) is 5.60. The lowest BCUT2D eigenvalue weighted by Gasteiger charge is -2.27. The molecule has 0 aliphatic carbocycles. The molecule has 2 aromatic heterocycles. The van der Waals surface area contributed by atoms with Gasteiger partial charge in [0.1, 0.15) is 17.3 Å². The van der Waals surface area contributed by atoms with Gasteiger partial charge in [0.25, 0.3) is 0 Å². The zero-order valence-corrected chi connectivity index (χ0v) is 14.0. The van der Waals surface area contributed by atoms with Gasteiger partial charge in [-0.05, 0) is 32.4 Å². The number of anilines is 1. The lowest BCUT2D eigenvalue weighted by atomic mass is 10.2. The number of carbonyl (C=O) groups excluding carboxylic acids is 2. The third-order valence-corrected chi connectivity index (χ3v) is 4.03. The fraction of sp³-hybridized carbons (Fsp3) is 0.471. The van der Waals surface area contributed by atoms with Gasteiger partial charge in [-0.15, -0.1) is 0 Å². The average Bonchev–Trinajstić information content (AvgIpc) is 3.14. The van der Waals surface area contributed by atoms with E-state index in [1.165, 1.54) is 0 Å². The smallest absolute Gasteiger partial charge is 0.228 e. The van der Waals surface area contributed by atoms with Crippen LogP contribution in [0.3, 0.4) is 0 Å². The highest BCUT2D eigenvalue weighted by Gasteiger charge is 2.24. The first-order valence-corrected chi connectivity index (χ1v) is 8.20. The fourth-order valence-electron chi connectivity index (χ4n) is 2.87. The fourth-order valence-corrected chi connectivity index (χ4v) is 2.87. The van der Waals surface area contributed by atoms with Gasteiger partial charge in [0.15, 0.2) is 0 Å². The van der Waals surface area contributed by atoms with Gasteiger partial charge in [0, 0.05) is 32.0 Å². The van der Waals surface area contributed by atoms with Gasteiger partial charge in [-0.3, -0.25) is 14.5 Å². The second kappa shape index (κ2) is 6.90. The first kappa shape index (κ1) is 16.3. The van der Waals surface area contributed by atoms with Crippen LogP contribution in [0.4, 0.5) is 5.82 Å². The first-order chi connectivity index (χ1) is 11.5. The van der Waals surface area contributed by atoms with E-state index in [1.807, 2.05) is 36.7 Å². The molecular formula is C17H22N4O3. The normalized spacial score (nSPS) is 13.7. The minimum atomic E-state index is -0.154. The summed E-state index contributed by atoms with van der Waals surface area (Å²) in [6.07, 6.45) is 1.24. The molecule has 24 heavy (non-hydrogen) atoms. The Morgan fingerprint density at radius 3 is 2.83 bits per heavy atom. The highest BCUT2D eigenvalue weighted by atomic mass is 16.3. The minimum absolute atomic E-state index is 0.0418. The number of aryl methyl sites for hydroxylation is 3. The van der Waals surface area contributed by atoms with E-state index in [4.69, 9.17) is 4.42 Å². The SMILES string of the molecule is Cc1cc2n(n1)CCCN2C(=O)CCC(=O)NCc1ccc(C)o1. The Kier molecular flexibility index (Phi) is 4.69. The number of hydrogen-bond acceptors (Lipinski definition) is 4. The van der Waals surface area contributed by atoms with Crippen molar-refractivity contribution in [2.75, 3.05) is 11.4 Å². The lowest BCUT2D eigenvalue weighted by molar-refractivity contribution is -0.125. The molecule has 0 aromatic carbocycles. The van der Waals surface area contributed by atoms with Gasteiger partial charge in [0.05, 0.1) is 12.2 Å². The van der Waals surface area contributed by atoms with E-state index in [1.54, 1.807) is 4.90 Å². The Balaban J connectivity index is 1.49. The zero-order chi connectivity index (χ0) is 17.1. The van der Waals surface area contributed by atoms with Crippen molar-refractivity contribution in [3.8, 4) is 0 Å². The number of fused-ring (bicyclic) bond motifs is 1. The summed E-state index contributed by atoms with van der Waals surface area (Å²) < 4.78 is 7.25. The van der Waals surface area contributed by atoms with E-state index < -0.39 is 0 Å². The van der Waals surface area contributed by atoms with E-state index in [9.17, 15) is 9.59 Å². The van der Waals surface area contributed by atoms with E-state index in [0.717, 1.165) is 30.2 Å². The van der Waals surface area contributed by atoms with Crippen molar-refractivity contribution >= 4 is 17.6 Å². The van der Waals surface area contributed by atoms with E-state index in [0.29, 0.717) is 18.8 Å². The summed E-state index contributed by atoms with van der Waals surface area (Å²) in [4.78, 5) is 26.1. The molecule has 0 atom stereocenters. The van der Waals surface area contributed by atoms with Gasteiger partial charge >= 0.3 is 0 Å². The molecule has 0 saturated carbocycles. The first-order valence-electron chi connectivity index (χ1n) is 8.20. The van der Waals surface area contributed by atoms with Crippen molar-refractivity contribution in [3.05, 3.63) is 35.4 Å². The number of hydrogen-bond donors (Lipinski definition) is 1. The summed E-state index contributed by atoms with van der Waals surface area (Å²) in [5.41, 5.74) is 0.899. The number of nitrogens with one attached hydrogen (secondary N) is 1. The summed E-state index contributed by atoms with van der Waals surface area (Å²) in [6.45, 7) is 5.62. The number of furan rings is 1. The Morgan fingerprint density at radius 2 is 2.08 bits per heavy atom. The Hall–Kier alpha value is -2.57. The lowest BCUT2D eigenvalue weighted by Crippen LogP contribution is -2.38. The molecule has 3 heterocycles. The molecule has 0 radical (unpaired) electrons. The third-order valence-electron chi connectivity index (χ3n) is 4.03. The molecule has 0 unspecified atom stereocenters. The van der Waals surface area contributed by atoms with Crippen LogP contribution in [0.5, 0.6) is 0 Å². The number of nitrogens with zero attached hydrogens (tertiary/aromatic N) is 3. The largest absolute Gasteiger partial charge is 0.465 e. The van der Waals surface area contributed by atoms with Crippen LogP contribution in [0.25, 0.3) is 0 Å². The molecule has 2 amide bonds. The maximum absolute atomic E-state index is 12.4. The van der Waals surface area contributed by atoms with Gasteiger partial charge < -0.3 is 9.73 Å².